The fourth-order valence-corrected chi connectivity index (χ4v) is 4.11. The smallest absolute Gasteiger partial charge is 0.0468 e. The van der Waals surface area contributed by atoms with E-state index in [2.05, 4.69) is 67.4 Å². The highest BCUT2D eigenvalue weighted by molar-refractivity contribution is 5.75. The molecule has 0 fully saturated rings. The Balaban J connectivity index is 1.95. The summed E-state index contributed by atoms with van der Waals surface area (Å²) in [5.41, 5.74) is 5.25. The van der Waals surface area contributed by atoms with Crippen molar-refractivity contribution in [3.05, 3.63) is 59.7 Å². The number of hydrogen-bond acceptors (Lipinski definition) is 2. The van der Waals surface area contributed by atoms with E-state index in [1.165, 1.54) is 48.2 Å². The summed E-state index contributed by atoms with van der Waals surface area (Å²) in [5, 5.41) is 10.1. The first kappa shape index (κ1) is 17.0. The Kier molecular flexibility index (Phi) is 5.57. The molecular weight excluding hydrogens is 294 g/mol. The second kappa shape index (κ2) is 7.85. The molecule has 0 aromatic heterocycles. The van der Waals surface area contributed by atoms with Gasteiger partial charge < -0.3 is 10.0 Å². The molecule has 1 heterocycles. The van der Waals surface area contributed by atoms with Gasteiger partial charge in [0.2, 0.25) is 0 Å². The zero-order valence-corrected chi connectivity index (χ0v) is 14.9. The lowest BCUT2D eigenvalue weighted by Crippen LogP contribution is -2.27. The van der Waals surface area contributed by atoms with Gasteiger partial charge in [0.25, 0.3) is 0 Å². The molecular formula is C22H29NO. The predicted molar refractivity (Wildman–Crippen MR) is 102 cm³/mol. The molecule has 0 unspecified atom stereocenters. The average molecular weight is 323 g/mol. The Morgan fingerprint density at radius 3 is 2.04 bits per heavy atom. The first-order valence-electron chi connectivity index (χ1n) is 9.30. The first-order chi connectivity index (χ1) is 11.8. The molecule has 2 nitrogen and oxygen atoms in total. The van der Waals surface area contributed by atoms with Crippen LogP contribution in [-0.2, 0) is 0 Å². The van der Waals surface area contributed by atoms with Crippen LogP contribution >= 0.6 is 0 Å². The topological polar surface area (TPSA) is 23.5 Å². The largest absolute Gasteiger partial charge is 0.396 e. The van der Waals surface area contributed by atoms with Crippen LogP contribution in [0.25, 0.3) is 0 Å². The lowest BCUT2D eigenvalue weighted by atomic mass is 9.75. The number of benzene rings is 2. The van der Waals surface area contributed by atoms with Crippen molar-refractivity contribution >= 4 is 11.4 Å². The van der Waals surface area contributed by atoms with Gasteiger partial charge in [0.15, 0.2) is 0 Å². The van der Waals surface area contributed by atoms with Gasteiger partial charge in [0, 0.05) is 30.9 Å². The molecule has 2 heteroatoms. The molecule has 24 heavy (non-hydrogen) atoms. The summed E-state index contributed by atoms with van der Waals surface area (Å²) in [4.78, 5) is 2.28. The van der Waals surface area contributed by atoms with Crippen molar-refractivity contribution in [2.75, 3.05) is 18.6 Å². The van der Waals surface area contributed by atoms with E-state index in [1.54, 1.807) is 0 Å². The van der Waals surface area contributed by atoms with Crippen molar-refractivity contribution in [2.24, 2.45) is 5.92 Å². The maximum absolute atomic E-state index is 10.1. The molecule has 0 bridgehead atoms. The van der Waals surface area contributed by atoms with E-state index in [4.69, 9.17) is 0 Å². The molecule has 128 valence electrons. The summed E-state index contributed by atoms with van der Waals surface area (Å²) in [7, 11) is 2.14. The third-order valence-electron chi connectivity index (χ3n) is 5.40. The third-order valence-corrected chi connectivity index (χ3v) is 5.40. The van der Waals surface area contributed by atoms with Crippen molar-refractivity contribution in [3.8, 4) is 0 Å². The van der Waals surface area contributed by atoms with Gasteiger partial charge in [-0.1, -0.05) is 69.0 Å². The third kappa shape index (κ3) is 3.21. The number of anilines is 2. The molecule has 0 aliphatic carbocycles. The fraction of sp³-hybridized carbons (Fsp3) is 0.455. The number of rotatable bonds is 7. The van der Waals surface area contributed by atoms with Gasteiger partial charge in [0.1, 0.15) is 0 Å². The van der Waals surface area contributed by atoms with Crippen LogP contribution in [0.2, 0.25) is 0 Å². The second-order valence-electron chi connectivity index (χ2n) is 6.95. The van der Waals surface area contributed by atoms with Crippen LogP contribution in [0.1, 0.15) is 56.1 Å². The van der Waals surface area contributed by atoms with Crippen molar-refractivity contribution in [1.82, 2.24) is 0 Å². The molecule has 3 rings (SSSR count). The van der Waals surface area contributed by atoms with Gasteiger partial charge in [-0.3, -0.25) is 0 Å². The molecule has 0 radical (unpaired) electrons. The van der Waals surface area contributed by atoms with Gasteiger partial charge >= 0.3 is 0 Å². The van der Waals surface area contributed by atoms with Gasteiger partial charge in [-0.2, -0.15) is 0 Å². The molecule has 2 aromatic rings. The minimum atomic E-state index is 0.253. The molecule has 1 aliphatic heterocycles. The molecule has 1 aliphatic rings. The van der Waals surface area contributed by atoms with Gasteiger partial charge in [-0.25, -0.2) is 0 Å². The second-order valence-corrected chi connectivity index (χ2v) is 6.95. The number of aliphatic hydroxyl groups excluding tert-OH is 1. The fourth-order valence-electron chi connectivity index (χ4n) is 4.11. The highest BCUT2D eigenvalue weighted by atomic mass is 16.3. The van der Waals surface area contributed by atoms with E-state index in [-0.39, 0.29) is 12.5 Å². The Morgan fingerprint density at radius 1 is 0.917 bits per heavy atom. The van der Waals surface area contributed by atoms with Crippen molar-refractivity contribution in [2.45, 2.75) is 44.9 Å². The Labute approximate surface area is 146 Å². The molecule has 2 aromatic carbocycles. The minimum absolute atomic E-state index is 0.253. The Hall–Kier alpha value is -1.80. The predicted octanol–water partition coefficient (Wildman–Crippen LogP) is 5.48. The summed E-state index contributed by atoms with van der Waals surface area (Å²) in [6.45, 7) is 2.50. The van der Waals surface area contributed by atoms with E-state index >= 15 is 0 Å². The van der Waals surface area contributed by atoms with Crippen LogP contribution in [0.15, 0.2) is 48.5 Å². The van der Waals surface area contributed by atoms with E-state index in [9.17, 15) is 5.11 Å². The number of unbranched alkanes of at least 4 members (excludes halogenated alkanes) is 3. The molecule has 0 amide bonds. The van der Waals surface area contributed by atoms with Crippen molar-refractivity contribution in [1.29, 1.82) is 0 Å². The maximum Gasteiger partial charge on any atom is 0.0468 e. The zero-order valence-electron chi connectivity index (χ0n) is 14.9. The van der Waals surface area contributed by atoms with Crippen molar-refractivity contribution in [3.63, 3.8) is 0 Å². The summed E-state index contributed by atoms with van der Waals surface area (Å²) < 4.78 is 0. The monoisotopic (exact) mass is 323 g/mol. The SMILES string of the molecule is CCCCCC[C@@H](CO)C1c2ccccc2N(C)c2ccccc21. The van der Waals surface area contributed by atoms with E-state index in [0.717, 1.165) is 6.42 Å². The summed E-state index contributed by atoms with van der Waals surface area (Å²) in [6, 6.07) is 17.3. The first-order valence-corrected chi connectivity index (χ1v) is 9.30. The van der Waals surface area contributed by atoms with Gasteiger partial charge in [0.05, 0.1) is 0 Å². The number of hydrogen-bond donors (Lipinski definition) is 1. The summed E-state index contributed by atoms with van der Waals surface area (Å²) in [6.07, 6.45) is 6.11. The number of aliphatic hydroxyl groups is 1. The summed E-state index contributed by atoms with van der Waals surface area (Å²) in [5.74, 6) is 0.582. The number of nitrogens with zero attached hydrogens (tertiary/aromatic N) is 1. The highest BCUT2D eigenvalue weighted by Gasteiger charge is 2.33. The van der Waals surface area contributed by atoms with Crippen LogP contribution < -0.4 is 4.90 Å². The minimum Gasteiger partial charge on any atom is -0.396 e. The average Bonchev–Trinajstić information content (AvgIpc) is 2.63. The van der Waals surface area contributed by atoms with E-state index in [1.807, 2.05) is 0 Å². The molecule has 0 saturated heterocycles. The normalized spacial score (nSPS) is 15.0. The standard InChI is InChI=1S/C22H29NO/c1-3-4-5-6-11-17(16-24)22-18-12-7-9-14-20(18)23(2)21-15-10-8-13-19(21)22/h7-10,12-15,17,22,24H,3-6,11,16H2,1-2H3/t17-/m0/s1. The lowest BCUT2D eigenvalue weighted by Gasteiger charge is -2.38. The van der Waals surface area contributed by atoms with Crippen LogP contribution in [0.4, 0.5) is 11.4 Å². The van der Waals surface area contributed by atoms with Crippen molar-refractivity contribution < 1.29 is 5.11 Å². The number of para-hydroxylation sites is 2. The quantitative estimate of drug-likeness (QED) is 0.682. The summed E-state index contributed by atoms with van der Waals surface area (Å²) >= 11 is 0. The van der Waals surface area contributed by atoms with Crippen LogP contribution in [0, 0.1) is 5.92 Å². The number of fused-ring (bicyclic) bond motifs is 2. The van der Waals surface area contributed by atoms with Crippen LogP contribution in [0.5, 0.6) is 0 Å². The Bertz CT molecular complexity index is 619. The Morgan fingerprint density at radius 2 is 1.50 bits per heavy atom. The molecule has 1 N–H and O–H groups in total. The van der Waals surface area contributed by atoms with E-state index in [0.29, 0.717) is 5.92 Å². The van der Waals surface area contributed by atoms with Gasteiger partial charge in [-0.15, -0.1) is 0 Å². The highest BCUT2D eigenvalue weighted by Crippen LogP contribution is 2.48. The lowest BCUT2D eigenvalue weighted by molar-refractivity contribution is 0.201. The van der Waals surface area contributed by atoms with E-state index < -0.39 is 0 Å². The molecule has 0 saturated carbocycles. The van der Waals surface area contributed by atoms with Gasteiger partial charge in [-0.05, 0) is 35.6 Å². The van der Waals surface area contributed by atoms with Crippen LogP contribution in [0.3, 0.4) is 0 Å². The maximum atomic E-state index is 10.1. The molecule has 0 spiro atoms. The zero-order chi connectivity index (χ0) is 16.9. The molecule has 1 atom stereocenters. The van der Waals surface area contributed by atoms with Crippen LogP contribution in [-0.4, -0.2) is 18.8 Å².